The Morgan fingerprint density at radius 2 is 1.90 bits per heavy atom. The Morgan fingerprint density at radius 1 is 1.18 bits per heavy atom. The number of likely N-dealkylation sites (tertiary alicyclic amines) is 1. The summed E-state index contributed by atoms with van der Waals surface area (Å²) in [6, 6.07) is 3.19. The SMILES string of the molecule is CO[C@H]1CN[C@@H](C(=O)N(c2ccc(S(F)(F)(F)(F)F)cc2)C(C(=O)N2CCCC3(COC3)C2)c2cccnc2)C1. The average molecular weight is 591 g/mol. The highest BCUT2D eigenvalue weighted by molar-refractivity contribution is 8.45. The molecule has 3 saturated heterocycles. The zero-order valence-electron chi connectivity index (χ0n) is 21.8. The Balaban J connectivity index is 1.58. The smallest absolute Gasteiger partial charge is 0.310 e. The van der Waals surface area contributed by atoms with Crippen LogP contribution in [0.25, 0.3) is 0 Å². The minimum atomic E-state index is -9.96. The number of nitrogens with zero attached hydrogens (tertiary/aromatic N) is 3. The third kappa shape index (κ3) is 5.80. The molecule has 3 fully saturated rings. The van der Waals surface area contributed by atoms with Gasteiger partial charge in [0.2, 0.25) is 11.8 Å². The number of carbonyl (C=O) groups excluding carboxylic acids is 2. The molecule has 2 aromatic rings. The summed E-state index contributed by atoms with van der Waals surface area (Å²) in [6.45, 7) is 2.20. The van der Waals surface area contributed by atoms with Crippen molar-refractivity contribution in [3.63, 3.8) is 0 Å². The molecule has 0 bridgehead atoms. The van der Waals surface area contributed by atoms with Crippen LogP contribution in [0.2, 0.25) is 0 Å². The number of amides is 2. The van der Waals surface area contributed by atoms with Crippen molar-refractivity contribution in [1.82, 2.24) is 15.2 Å². The number of hydrogen-bond acceptors (Lipinski definition) is 6. The maximum Gasteiger partial charge on any atom is 0.310 e. The van der Waals surface area contributed by atoms with E-state index in [1.165, 1.54) is 19.5 Å². The number of ether oxygens (including phenoxy) is 2. The van der Waals surface area contributed by atoms with Crippen molar-refractivity contribution in [2.45, 2.75) is 42.3 Å². The molecule has 4 heterocycles. The number of hydrogen-bond donors (Lipinski definition) is 1. The number of carbonyl (C=O) groups is 2. The number of benzene rings is 1. The van der Waals surface area contributed by atoms with Gasteiger partial charge in [0.25, 0.3) is 0 Å². The third-order valence-corrected chi connectivity index (χ3v) is 8.96. The molecule has 14 heteroatoms. The van der Waals surface area contributed by atoms with E-state index in [-0.39, 0.29) is 35.8 Å². The van der Waals surface area contributed by atoms with Gasteiger partial charge in [-0.3, -0.25) is 19.5 Å². The monoisotopic (exact) mass is 590 g/mol. The van der Waals surface area contributed by atoms with Crippen molar-refractivity contribution < 1.29 is 38.5 Å². The van der Waals surface area contributed by atoms with Crippen molar-refractivity contribution in [2.75, 3.05) is 44.9 Å². The molecule has 0 saturated carbocycles. The molecule has 40 heavy (non-hydrogen) atoms. The maximum absolute atomic E-state index is 14.2. The standard InChI is InChI=1S/C26H31F5N4O4S/c1-38-20-12-22(33-14-20)24(36)35(19-5-7-21(8-6-19)40(27,28,29,30)31)23(18-4-2-10-32-13-18)25(37)34-11-3-9-26(15-34)16-39-17-26/h2,4-8,10,13,20,22-23,33H,3,9,11-12,14-17H2,1H3/t20-,22-,23?/m1/s1. The van der Waals surface area contributed by atoms with Crippen molar-refractivity contribution in [1.29, 1.82) is 0 Å². The van der Waals surface area contributed by atoms with Gasteiger partial charge in [-0.2, -0.15) is 0 Å². The summed E-state index contributed by atoms with van der Waals surface area (Å²) in [4.78, 5) is 33.0. The van der Waals surface area contributed by atoms with Crippen LogP contribution in [0.4, 0.5) is 25.1 Å². The molecule has 8 nitrogen and oxygen atoms in total. The zero-order chi connectivity index (χ0) is 28.8. The van der Waals surface area contributed by atoms with E-state index in [1.807, 2.05) is 0 Å². The molecular formula is C26H31F5N4O4S. The molecule has 2 amide bonds. The number of piperidine rings is 1. The lowest BCUT2D eigenvalue weighted by Crippen LogP contribution is -2.58. The number of anilines is 1. The summed E-state index contributed by atoms with van der Waals surface area (Å²) in [6.07, 6.45) is 4.48. The van der Waals surface area contributed by atoms with Crippen molar-refractivity contribution in [3.05, 3.63) is 54.4 Å². The molecule has 5 rings (SSSR count). The van der Waals surface area contributed by atoms with Crippen LogP contribution < -0.4 is 10.2 Å². The number of rotatable bonds is 7. The first-order valence-corrected chi connectivity index (χ1v) is 14.8. The predicted octanol–water partition coefficient (Wildman–Crippen LogP) is 4.83. The Morgan fingerprint density at radius 3 is 2.45 bits per heavy atom. The quantitative estimate of drug-likeness (QED) is 0.466. The molecule has 3 aliphatic heterocycles. The van der Waals surface area contributed by atoms with Gasteiger partial charge in [0.15, 0.2) is 0 Å². The minimum Gasteiger partial charge on any atom is -0.380 e. The number of halogens is 5. The van der Waals surface area contributed by atoms with Gasteiger partial charge in [0.1, 0.15) is 10.9 Å². The van der Waals surface area contributed by atoms with E-state index in [1.54, 1.807) is 17.0 Å². The second kappa shape index (κ2) is 9.64. The molecule has 1 aromatic carbocycles. The van der Waals surface area contributed by atoms with E-state index >= 15 is 0 Å². The van der Waals surface area contributed by atoms with Crippen LogP contribution in [0.15, 0.2) is 53.7 Å². The van der Waals surface area contributed by atoms with Gasteiger partial charge in [-0.1, -0.05) is 25.5 Å². The lowest BCUT2D eigenvalue weighted by Gasteiger charge is -2.49. The Hall–Kier alpha value is -2.81. The van der Waals surface area contributed by atoms with Gasteiger partial charge in [0.05, 0.1) is 25.4 Å². The number of nitrogens with one attached hydrogen (secondary N) is 1. The zero-order valence-corrected chi connectivity index (χ0v) is 22.6. The molecular weight excluding hydrogens is 559 g/mol. The van der Waals surface area contributed by atoms with E-state index in [4.69, 9.17) is 9.47 Å². The molecule has 3 aliphatic rings. The van der Waals surface area contributed by atoms with Crippen LogP contribution in [0.1, 0.15) is 30.9 Å². The first kappa shape index (κ1) is 28.7. The molecule has 0 aliphatic carbocycles. The summed E-state index contributed by atoms with van der Waals surface area (Å²) >= 11 is 0. The largest absolute Gasteiger partial charge is 0.380 e. The summed E-state index contributed by atoms with van der Waals surface area (Å²) < 4.78 is 78.2. The van der Waals surface area contributed by atoms with Crippen molar-refractivity contribution in [2.24, 2.45) is 5.41 Å². The fourth-order valence-corrected chi connectivity index (χ4v) is 6.29. The number of methoxy groups -OCH3 is 1. The van der Waals surface area contributed by atoms with Crippen molar-refractivity contribution >= 4 is 27.7 Å². The normalized spacial score (nSPS) is 25.0. The first-order chi connectivity index (χ1) is 18.7. The number of pyridine rings is 1. The van der Waals surface area contributed by atoms with E-state index < -0.39 is 39.0 Å². The second-order valence-corrected chi connectivity index (χ2v) is 13.2. The maximum atomic E-state index is 14.2. The summed E-state index contributed by atoms with van der Waals surface area (Å²) in [5, 5.41) is 3.04. The molecule has 1 spiro atoms. The minimum absolute atomic E-state index is 0.126. The highest BCUT2D eigenvalue weighted by Crippen LogP contribution is 3.02. The van der Waals surface area contributed by atoms with Gasteiger partial charge in [-0.15, -0.1) is 0 Å². The highest BCUT2D eigenvalue weighted by atomic mass is 32.5. The van der Waals surface area contributed by atoms with Crippen LogP contribution in [-0.4, -0.2) is 73.8 Å². The molecule has 1 N–H and O–H groups in total. The van der Waals surface area contributed by atoms with Gasteiger partial charge >= 0.3 is 10.2 Å². The predicted molar refractivity (Wildman–Crippen MR) is 139 cm³/mol. The topological polar surface area (TPSA) is 84.0 Å². The van der Waals surface area contributed by atoms with Crippen LogP contribution in [0.5, 0.6) is 0 Å². The van der Waals surface area contributed by atoms with E-state index in [2.05, 4.69) is 10.3 Å². The fourth-order valence-electron chi connectivity index (χ4n) is 5.64. The van der Waals surface area contributed by atoms with Gasteiger partial charge in [-0.05, 0) is 49.6 Å². The lowest BCUT2D eigenvalue weighted by atomic mass is 9.78. The molecule has 220 valence electrons. The summed E-state index contributed by atoms with van der Waals surface area (Å²) in [5.74, 6) is -1.04. The fraction of sp³-hybridized carbons (Fsp3) is 0.500. The summed E-state index contributed by atoms with van der Waals surface area (Å²) in [5.41, 5.74) is 0.0342. The Kier molecular flexibility index (Phi) is 6.92. The van der Waals surface area contributed by atoms with Crippen LogP contribution in [-0.2, 0) is 19.1 Å². The lowest BCUT2D eigenvalue weighted by molar-refractivity contribution is -0.160. The van der Waals surface area contributed by atoms with E-state index in [0.29, 0.717) is 38.4 Å². The number of aromatic nitrogens is 1. The first-order valence-electron chi connectivity index (χ1n) is 12.9. The van der Waals surface area contributed by atoms with Crippen LogP contribution in [0.3, 0.4) is 0 Å². The van der Waals surface area contributed by atoms with Gasteiger partial charge in [0, 0.05) is 55.8 Å². The third-order valence-electron chi connectivity index (χ3n) is 7.80. The average Bonchev–Trinajstić information content (AvgIpc) is 3.39. The summed E-state index contributed by atoms with van der Waals surface area (Å²) in [7, 11) is -8.47. The molecule has 1 unspecified atom stereocenters. The molecule has 1 aromatic heterocycles. The molecule has 0 radical (unpaired) electrons. The van der Waals surface area contributed by atoms with Crippen LogP contribution in [0, 0.1) is 5.41 Å². The molecule has 3 atom stereocenters. The van der Waals surface area contributed by atoms with Crippen LogP contribution >= 0.6 is 10.2 Å². The Labute approximate surface area is 228 Å². The van der Waals surface area contributed by atoms with Gasteiger partial charge < -0.3 is 19.7 Å². The van der Waals surface area contributed by atoms with E-state index in [0.717, 1.165) is 29.9 Å². The second-order valence-electron chi connectivity index (χ2n) is 10.8. The van der Waals surface area contributed by atoms with E-state index in [9.17, 15) is 29.0 Å². The van der Waals surface area contributed by atoms with Gasteiger partial charge in [-0.25, -0.2) is 0 Å². The van der Waals surface area contributed by atoms with Crippen molar-refractivity contribution in [3.8, 4) is 0 Å². The highest BCUT2D eigenvalue weighted by Gasteiger charge is 2.65. The Bertz CT molecular complexity index is 1260.